The molecule has 1 aliphatic rings. The van der Waals surface area contributed by atoms with Crippen LogP contribution in [0.2, 0.25) is 5.02 Å². The SMILES string of the molecule is CC(C)(O)[C@H]1CC[C@H](COc2ncc(S(N)(=O)=O)cc2Cl)CC1. The fourth-order valence-corrected chi connectivity index (χ4v) is 3.67. The zero-order chi connectivity index (χ0) is 17.3. The second-order valence-corrected chi connectivity index (χ2v) is 8.65. The van der Waals surface area contributed by atoms with Gasteiger partial charge in [0.2, 0.25) is 15.9 Å². The zero-order valence-corrected chi connectivity index (χ0v) is 14.9. The second kappa shape index (κ2) is 6.93. The van der Waals surface area contributed by atoms with Crippen molar-refractivity contribution in [3.05, 3.63) is 17.3 Å². The Morgan fingerprint density at radius 2 is 2.00 bits per heavy atom. The van der Waals surface area contributed by atoms with Gasteiger partial charge in [0.1, 0.15) is 9.92 Å². The van der Waals surface area contributed by atoms with Crippen molar-refractivity contribution in [1.82, 2.24) is 4.98 Å². The van der Waals surface area contributed by atoms with E-state index in [1.807, 2.05) is 13.8 Å². The number of pyridine rings is 1. The summed E-state index contributed by atoms with van der Waals surface area (Å²) in [6.45, 7) is 4.18. The smallest absolute Gasteiger partial charge is 0.239 e. The van der Waals surface area contributed by atoms with Gasteiger partial charge >= 0.3 is 0 Å². The summed E-state index contributed by atoms with van der Waals surface area (Å²) >= 11 is 6.00. The average molecular weight is 363 g/mol. The zero-order valence-electron chi connectivity index (χ0n) is 13.3. The van der Waals surface area contributed by atoms with E-state index < -0.39 is 15.6 Å². The van der Waals surface area contributed by atoms with Gasteiger partial charge in [-0.2, -0.15) is 0 Å². The lowest BCUT2D eigenvalue weighted by molar-refractivity contribution is -0.00911. The van der Waals surface area contributed by atoms with E-state index in [9.17, 15) is 13.5 Å². The van der Waals surface area contributed by atoms with E-state index in [0.717, 1.165) is 31.9 Å². The predicted octanol–water partition coefficient (Wildman–Crippen LogP) is 2.34. The van der Waals surface area contributed by atoms with Gasteiger partial charge < -0.3 is 9.84 Å². The molecule has 1 aromatic heterocycles. The van der Waals surface area contributed by atoms with Crippen LogP contribution < -0.4 is 9.88 Å². The third kappa shape index (κ3) is 5.04. The molecule has 1 aromatic rings. The monoisotopic (exact) mass is 362 g/mol. The first-order valence-corrected chi connectivity index (χ1v) is 9.53. The number of hydrogen-bond acceptors (Lipinski definition) is 5. The summed E-state index contributed by atoms with van der Waals surface area (Å²) in [5.41, 5.74) is -0.639. The number of aliphatic hydroxyl groups is 1. The summed E-state index contributed by atoms with van der Waals surface area (Å²) in [4.78, 5) is 3.79. The Morgan fingerprint density at radius 1 is 1.39 bits per heavy atom. The summed E-state index contributed by atoms with van der Waals surface area (Å²) in [5.74, 6) is 0.905. The third-order valence-corrected chi connectivity index (χ3v) is 5.56. The van der Waals surface area contributed by atoms with E-state index in [2.05, 4.69) is 4.98 Å². The van der Waals surface area contributed by atoms with Gasteiger partial charge in [-0.1, -0.05) is 11.6 Å². The van der Waals surface area contributed by atoms with E-state index in [1.165, 1.54) is 6.07 Å². The van der Waals surface area contributed by atoms with Crippen LogP contribution in [0.15, 0.2) is 17.2 Å². The first-order valence-electron chi connectivity index (χ1n) is 7.61. The minimum Gasteiger partial charge on any atom is -0.476 e. The summed E-state index contributed by atoms with van der Waals surface area (Å²) in [7, 11) is -3.82. The molecule has 1 saturated carbocycles. The molecule has 23 heavy (non-hydrogen) atoms. The van der Waals surface area contributed by atoms with Crippen molar-refractivity contribution in [3.8, 4) is 5.88 Å². The normalized spacial score (nSPS) is 22.8. The van der Waals surface area contributed by atoms with Crippen molar-refractivity contribution in [1.29, 1.82) is 0 Å². The Morgan fingerprint density at radius 3 is 2.48 bits per heavy atom. The Balaban J connectivity index is 1.90. The van der Waals surface area contributed by atoms with Crippen LogP contribution in [-0.2, 0) is 10.0 Å². The predicted molar refractivity (Wildman–Crippen MR) is 87.9 cm³/mol. The molecule has 0 atom stereocenters. The molecule has 8 heteroatoms. The highest BCUT2D eigenvalue weighted by molar-refractivity contribution is 7.89. The van der Waals surface area contributed by atoms with E-state index in [4.69, 9.17) is 21.5 Å². The maximum Gasteiger partial charge on any atom is 0.239 e. The number of nitrogens with zero attached hydrogens (tertiary/aromatic N) is 1. The topological polar surface area (TPSA) is 103 Å². The van der Waals surface area contributed by atoms with Gasteiger partial charge in [0.25, 0.3) is 0 Å². The van der Waals surface area contributed by atoms with Gasteiger partial charge in [-0.05, 0) is 57.4 Å². The molecule has 0 unspecified atom stereocenters. The Hall–Kier alpha value is -0.890. The minimum absolute atomic E-state index is 0.127. The molecule has 0 saturated heterocycles. The lowest BCUT2D eigenvalue weighted by Gasteiger charge is -2.35. The first kappa shape index (κ1) is 18.4. The van der Waals surface area contributed by atoms with Crippen LogP contribution in [0.3, 0.4) is 0 Å². The van der Waals surface area contributed by atoms with Gasteiger partial charge in [0.05, 0.1) is 18.4 Å². The molecule has 0 radical (unpaired) electrons. The summed E-state index contributed by atoms with van der Waals surface area (Å²) in [6, 6.07) is 1.24. The van der Waals surface area contributed by atoms with Crippen molar-refractivity contribution in [2.75, 3.05) is 6.61 Å². The van der Waals surface area contributed by atoms with Gasteiger partial charge in [-0.3, -0.25) is 0 Å². The fourth-order valence-electron chi connectivity index (χ4n) is 2.90. The van der Waals surface area contributed by atoms with Gasteiger partial charge in [-0.15, -0.1) is 0 Å². The molecule has 1 fully saturated rings. The van der Waals surface area contributed by atoms with E-state index in [1.54, 1.807) is 0 Å². The van der Waals surface area contributed by atoms with Crippen LogP contribution in [-0.4, -0.2) is 30.7 Å². The number of aromatic nitrogens is 1. The Bertz CT molecular complexity index is 650. The van der Waals surface area contributed by atoms with Crippen LogP contribution in [0.25, 0.3) is 0 Å². The summed E-state index contributed by atoms with van der Waals surface area (Å²) in [6.07, 6.45) is 5.01. The number of primary sulfonamides is 1. The molecular weight excluding hydrogens is 340 g/mol. The van der Waals surface area contributed by atoms with Crippen LogP contribution in [0.1, 0.15) is 39.5 Å². The molecule has 6 nitrogen and oxygen atoms in total. The maximum absolute atomic E-state index is 11.2. The van der Waals surface area contributed by atoms with Crippen molar-refractivity contribution >= 4 is 21.6 Å². The summed E-state index contributed by atoms with van der Waals surface area (Å²) < 4.78 is 28.1. The number of hydrogen-bond donors (Lipinski definition) is 2. The Kier molecular flexibility index (Phi) is 5.56. The number of ether oxygens (including phenoxy) is 1. The quantitative estimate of drug-likeness (QED) is 0.836. The molecule has 0 bridgehead atoms. The lowest BCUT2D eigenvalue weighted by atomic mass is 9.75. The van der Waals surface area contributed by atoms with Gasteiger partial charge in [0.15, 0.2) is 0 Å². The molecule has 0 aromatic carbocycles. The number of nitrogens with two attached hydrogens (primary N) is 1. The van der Waals surface area contributed by atoms with Crippen LogP contribution in [0.4, 0.5) is 0 Å². The van der Waals surface area contributed by atoms with E-state index in [-0.39, 0.29) is 15.8 Å². The number of halogens is 1. The molecule has 2 rings (SSSR count). The number of sulfonamides is 1. The number of rotatable bonds is 5. The highest BCUT2D eigenvalue weighted by Crippen LogP contribution is 2.35. The maximum atomic E-state index is 11.2. The third-order valence-electron chi connectivity index (χ3n) is 4.41. The van der Waals surface area contributed by atoms with Crippen molar-refractivity contribution in [3.63, 3.8) is 0 Å². The van der Waals surface area contributed by atoms with Crippen LogP contribution in [0, 0.1) is 11.8 Å². The molecule has 3 N–H and O–H groups in total. The highest BCUT2D eigenvalue weighted by atomic mass is 35.5. The second-order valence-electron chi connectivity index (χ2n) is 6.69. The standard InChI is InChI=1S/C15H23ClN2O4S/c1-15(2,19)11-5-3-10(4-6-11)9-22-14-13(16)7-12(8-18-14)23(17,20)21/h7-8,10-11,19H,3-6,9H2,1-2H3,(H2,17,20,21)/t10-,11-. The largest absolute Gasteiger partial charge is 0.476 e. The molecule has 0 aliphatic heterocycles. The van der Waals surface area contributed by atoms with Gasteiger partial charge in [-0.25, -0.2) is 18.5 Å². The Labute approximate surface area is 142 Å². The van der Waals surface area contributed by atoms with Crippen LogP contribution in [0.5, 0.6) is 5.88 Å². The van der Waals surface area contributed by atoms with Crippen molar-refractivity contribution in [2.24, 2.45) is 17.0 Å². The fraction of sp³-hybridized carbons (Fsp3) is 0.667. The van der Waals surface area contributed by atoms with E-state index in [0.29, 0.717) is 18.4 Å². The average Bonchev–Trinajstić information content (AvgIpc) is 2.44. The molecular formula is C15H23ClN2O4S. The molecule has 0 amide bonds. The molecule has 1 heterocycles. The molecule has 130 valence electrons. The highest BCUT2D eigenvalue weighted by Gasteiger charge is 2.31. The van der Waals surface area contributed by atoms with Crippen molar-refractivity contribution in [2.45, 2.75) is 50.0 Å². The minimum atomic E-state index is -3.82. The molecule has 1 aliphatic carbocycles. The van der Waals surface area contributed by atoms with E-state index >= 15 is 0 Å². The van der Waals surface area contributed by atoms with Gasteiger partial charge in [0, 0.05) is 0 Å². The lowest BCUT2D eigenvalue weighted by Crippen LogP contribution is -2.34. The van der Waals surface area contributed by atoms with Crippen LogP contribution >= 0.6 is 11.6 Å². The summed E-state index contributed by atoms with van der Waals surface area (Å²) in [5, 5.41) is 15.2. The first-order chi connectivity index (χ1) is 10.6. The molecule has 0 spiro atoms. The van der Waals surface area contributed by atoms with Crippen molar-refractivity contribution < 1.29 is 18.3 Å².